The van der Waals surface area contributed by atoms with Crippen molar-refractivity contribution in [1.82, 2.24) is 20.0 Å². The van der Waals surface area contributed by atoms with Gasteiger partial charge >= 0.3 is 0 Å². The van der Waals surface area contributed by atoms with Crippen LogP contribution >= 0.6 is 15.9 Å². The molecule has 1 atom stereocenters. The van der Waals surface area contributed by atoms with Gasteiger partial charge in [0.2, 0.25) is 5.89 Å². The lowest BCUT2D eigenvalue weighted by Crippen LogP contribution is -2.09. The van der Waals surface area contributed by atoms with E-state index in [1.165, 1.54) is 0 Å². The predicted molar refractivity (Wildman–Crippen MR) is 76.3 cm³/mol. The Balaban J connectivity index is 2.09. The van der Waals surface area contributed by atoms with E-state index in [1.54, 1.807) is 10.9 Å². The van der Waals surface area contributed by atoms with Crippen LogP contribution in [0, 0.1) is 0 Å². The van der Waals surface area contributed by atoms with Crippen molar-refractivity contribution in [2.24, 2.45) is 0 Å². The van der Waals surface area contributed by atoms with E-state index in [0.717, 1.165) is 17.9 Å². The zero-order valence-corrected chi connectivity index (χ0v) is 13.3. The SMILES string of the molecule is CCC(Br)c1cn(Cc2ncc(C(C)(C)C)o2)nn1. The Labute approximate surface area is 121 Å². The maximum atomic E-state index is 5.74. The molecule has 0 bridgehead atoms. The summed E-state index contributed by atoms with van der Waals surface area (Å²) in [6, 6.07) is 0. The van der Waals surface area contributed by atoms with Crippen LogP contribution in [0.4, 0.5) is 0 Å². The minimum atomic E-state index is -0.0259. The molecule has 0 aliphatic carbocycles. The smallest absolute Gasteiger partial charge is 0.216 e. The lowest BCUT2D eigenvalue weighted by atomic mass is 9.94. The minimum Gasteiger partial charge on any atom is -0.443 e. The molecule has 2 aromatic heterocycles. The Morgan fingerprint density at radius 1 is 1.42 bits per heavy atom. The van der Waals surface area contributed by atoms with Crippen molar-refractivity contribution in [1.29, 1.82) is 0 Å². The molecular formula is C13H19BrN4O. The van der Waals surface area contributed by atoms with Crippen LogP contribution in [0.3, 0.4) is 0 Å². The Morgan fingerprint density at radius 3 is 2.74 bits per heavy atom. The largest absolute Gasteiger partial charge is 0.443 e. The molecular weight excluding hydrogens is 308 g/mol. The van der Waals surface area contributed by atoms with Gasteiger partial charge in [0, 0.05) is 5.41 Å². The van der Waals surface area contributed by atoms with Crippen molar-refractivity contribution in [3.8, 4) is 0 Å². The molecule has 0 fully saturated rings. The maximum absolute atomic E-state index is 5.74. The molecule has 0 radical (unpaired) electrons. The molecule has 2 aromatic rings. The summed E-state index contributed by atoms with van der Waals surface area (Å²) in [7, 11) is 0. The monoisotopic (exact) mass is 326 g/mol. The first kappa shape index (κ1) is 14.2. The molecule has 2 heterocycles. The van der Waals surface area contributed by atoms with Crippen LogP contribution in [0.15, 0.2) is 16.8 Å². The van der Waals surface area contributed by atoms with Crippen LogP contribution in [-0.4, -0.2) is 20.0 Å². The van der Waals surface area contributed by atoms with Gasteiger partial charge < -0.3 is 4.42 Å². The second kappa shape index (κ2) is 5.45. The summed E-state index contributed by atoms with van der Waals surface area (Å²) in [5.74, 6) is 1.54. The van der Waals surface area contributed by atoms with E-state index in [0.29, 0.717) is 12.4 Å². The maximum Gasteiger partial charge on any atom is 0.216 e. The van der Waals surface area contributed by atoms with E-state index >= 15 is 0 Å². The molecule has 6 heteroatoms. The van der Waals surface area contributed by atoms with E-state index in [9.17, 15) is 0 Å². The number of oxazole rings is 1. The minimum absolute atomic E-state index is 0.0259. The summed E-state index contributed by atoms with van der Waals surface area (Å²) in [6.07, 6.45) is 4.68. The third-order valence-corrected chi connectivity index (χ3v) is 3.94. The zero-order valence-electron chi connectivity index (χ0n) is 11.7. The van der Waals surface area contributed by atoms with Crippen LogP contribution in [0.25, 0.3) is 0 Å². The predicted octanol–water partition coefficient (Wildman–Crippen LogP) is 3.46. The van der Waals surface area contributed by atoms with Gasteiger partial charge in [0.25, 0.3) is 0 Å². The van der Waals surface area contributed by atoms with Crippen molar-refractivity contribution in [3.63, 3.8) is 0 Å². The van der Waals surface area contributed by atoms with Gasteiger partial charge in [-0.1, -0.05) is 48.8 Å². The van der Waals surface area contributed by atoms with Crippen LogP contribution in [-0.2, 0) is 12.0 Å². The van der Waals surface area contributed by atoms with E-state index in [1.807, 2.05) is 6.20 Å². The third kappa shape index (κ3) is 3.43. The third-order valence-electron chi connectivity index (χ3n) is 2.83. The molecule has 0 aromatic carbocycles. The number of halogens is 1. The van der Waals surface area contributed by atoms with Gasteiger partial charge in [-0.05, 0) is 6.42 Å². The van der Waals surface area contributed by atoms with Crippen LogP contribution in [0.5, 0.6) is 0 Å². The van der Waals surface area contributed by atoms with Gasteiger partial charge in [-0.15, -0.1) is 5.10 Å². The fraction of sp³-hybridized carbons (Fsp3) is 0.615. The van der Waals surface area contributed by atoms with Crippen molar-refractivity contribution in [2.45, 2.75) is 50.9 Å². The second-order valence-corrected chi connectivity index (χ2v) is 6.69. The summed E-state index contributed by atoms with van der Waals surface area (Å²) in [6.45, 7) is 8.90. The van der Waals surface area contributed by atoms with Crippen molar-refractivity contribution >= 4 is 15.9 Å². The lowest BCUT2D eigenvalue weighted by molar-refractivity contribution is 0.371. The van der Waals surface area contributed by atoms with Gasteiger partial charge in [-0.3, -0.25) is 0 Å². The molecule has 0 saturated carbocycles. The molecule has 104 valence electrons. The molecule has 0 saturated heterocycles. The zero-order chi connectivity index (χ0) is 14.0. The molecule has 0 spiro atoms. The first-order valence-electron chi connectivity index (χ1n) is 6.39. The van der Waals surface area contributed by atoms with Gasteiger partial charge in [0.1, 0.15) is 12.3 Å². The Morgan fingerprint density at radius 2 is 2.16 bits per heavy atom. The van der Waals surface area contributed by atoms with E-state index < -0.39 is 0 Å². The average Bonchev–Trinajstić information content (AvgIpc) is 2.97. The Bertz CT molecular complexity index is 541. The average molecular weight is 327 g/mol. The molecule has 5 nitrogen and oxygen atoms in total. The lowest BCUT2D eigenvalue weighted by Gasteiger charge is -2.13. The Kier molecular flexibility index (Phi) is 4.08. The standard InChI is InChI=1S/C13H19BrN4O/c1-5-9(14)10-7-18(17-16-10)8-12-15-6-11(19-12)13(2,3)4/h6-7,9H,5,8H2,1-4H3. The number of rotatable bonds is 4. The highest BCUT2D eigenvalue weighted by atomic mass is 79.9. The van der Waals surface area contributed by atoms with Crippen molar-refractivity contribution < 1.29 is 4.42 Å². The highest BCUT2D eigenvalue weighted by Gasteiger charge is 2.19. The molecule has 1 unspecified atom stereocenters. The van der Waals surface area contributed by atoms with Gasteiger partial charge in [0.05, 0.1) is 22.9 Å². The normalized spacial score (nSPS) is 13.7. The molecule has 0 amide bonds. The van der Waals surface area contributed by atoms with Crippen LogP contribution in [0.1, 0.15) is 56.3 Å². The first-order chi connectivity index (χ1) is 8.90. The molecule has 0 aliphatic rings. The van der Waals surface area contributed by atoms with E-state index in [4.69, 9.17) is 4.42 Å². The Hall–Kier alpha value is -1.17. The quantitative estimate of drug-likeness (QED) is 0.807. The summed E-state index contributed by atoms with van der Waals surface area (Å²) < 4.78 is 7.48. The fourth-order valence-corrected chi connectivity index (χ4v) is 1.82. The molecule has 0 aliphatic heterocycles. The molecule has 0 N–H and O–H groups in total. The van der Waals surface area contributed by atoms with Crippen LogP contribution < -0.4 is 0 Å². The van der Waals surface area contributed by atoms with Gasteiger partial charge in [-0.25, -0.2) is 9.67 Å². The number of aromatic nitrogens is 4. The first-order valence-corrected chi connectivity index (χ1v) is 7.31. The van der Waals surface area contributed by atoms with Crippen LogP contribution in [0.2, 0.25) is 0 Å². The van der Waals surface area contributed by atoms with Gasteiger partial charge in [-0.2, -0.15) is 0 Å². The van der Waals surface area contributed by atoms with E-state index in [2.05, 4.69) is 58.9 Å². The van der Waals surface area contributed by atoms with Crippen molar-refractivity contribution in [2.75, 3.05) is 0 Å². The highest BCUT2D eigenvalue weighted by Crippen LogP contribution is 2.24. The van der Waals surface area contributed by atoms with Crippen molar-refractivity contribution in [3.05, 3.63) is 29.7 Å². The second-order valence-electron chi connectivity index (χ2n) is 5.59. The summed E-state index contributed by atoms with van der Waals surface area (Å²) >= 11 is 3.56. The summed E-state index contributed by atoms with van der Waals surface area (Å²) in [5.41, 5.74) is 0.909. The summed E-state index contributed by atoms with van der Waals surface area (Å²) in [4.78, 5) is 4.53. The molecule has 19 heavy (non-hydrogen) atoms. The highest BCUT2D eigenvalue weighted by molar-refractivity contribution is 9.09. The topological polar surface area (TPSA) is 56.7 Å². The number of nitrogens with zero attached hydrogens (tertiary/aromatic N) is 4. The number of hydrogen-bond acceptors (Lipinski definition) is 4. The number of alkyl halides is 1. The summed E-state index contributed by atoms with van der Waals surface area (Å²) in [5, 5.41) is 8.22. The van der Waals surface area contributed by atoms with Gasteiger partial charge in [0.15, 0.2) is 0 Å². The number of hydrogen-bond donors (Lipinski definition) is 0. The molecule has 2 rings (SSSR count). The fourth-order valence-electron chi connectivity index (χ4n) is 1.61. The van der Waals surface area contributed by atoms with E-state index in [-0.39, 0.29) is 10.2 Å².